The Balaban J connectivity index is 1.62. The molecule has 0 aliphatic heterocycles. The molecule has 1 N–H and O–H groups in total. The van der Waals surface area contributed by atoms with E-state index in [0.29, 0.717) is 11.3 Å². The molecule has 3 aromatic rings. The molecule has 0 saturated carbocycles. The van der Waals surface area contributed by atoms with Crippen molar-refractivity contribution in [2.24, 2.45) is 5.10 Å². The SMILES string of the molecule is O=C(NN=Cc1ccc(C(F)(F)F)cc1)c1ccccc1OCc1ccc(F)cc1. The molecule has 4 nitrogen and oxygen atoms in total. The number of halogens is 4. The number of benzene rings is 3. The molecule has 8 heteroatoms. The van der Waals surface area contributed by atoms with Crippen LogP contribution in [0.3, 0.4) is 0 Å². The summed E-state index contributed by atoms with van der Waals surface area (Å²) in [5, 5.41) is 3.78. The van der Waals surface area contributed by atoms with Gasteiger partial charge in [-0.25, -0.2) is 9.82 Å². The van der Waals surface area contributed by atoms with Gasteiger partial charge in [-0.1, -0.05) is 36.4 Å². The van der Waals surface area contributed by atoms with Crippen LogP contribution in [-0.4, -0.2) is 12.1 Å². The molecule has 154 valence electrons. The number of amides is 1. The van der Waals surface area contributed by atoms with Gasteiger partial charge in [-0.2, -0.15) is 18.3 Å². The second-order valence-electron chi connectivity index (χ2n) is 6.23. The lowest BCUT2D eigenvalue weighted by Crippen LogP contribution is -2.18. The van der Waals surface area contributed by atoms with Crippen molar-refractivity contribution in [2.75, 3.05) is 0 Å². The lowest BCUT2D eigenvalue weighted by molar-refractivity contribution is -0.137. The first-order valence-electron chi connectivity index (χ1n) is 8.80. The van der Waals surface area contributed by atoms with E-state index >= 15 is 0 Å². The summed E-state index contributed by atoms with van der Waals surface area (Å²) in [5.41, 5.74) is 2.90. The van der Waals surface area contributed by atoms with Gasteiger partial charge in [0, 0.05) is 0 Å². The van der Waals surface area contributed by atoms with Crippen molar-refractivity contribution < 1.29 is 27.1 Å². The van der Waals surface area contributed by atoms with Gasteiger partial charge in [-0.3, -0.25) is 4.79 Å². The monoisotopic (exact) mass is 416 g/mol. The Morgan fingerprint density at radius 1 is 0.967 bits per heavy atom. The second kappa shape index (κ2) is 9.21. The van der Waals surface area contributed by atoms with Crippen LogP contribution in [0.25, 0.3) is 0 Å². The molecule has 0 heterocycles. The highest BCUT2D eigenvalue weighted by molar-refractivity contribution is 5.97. The zero-order valence-electron chi connectivity index (χ0n) is 15.5. The number of ether oxygens (including phenoxy) is 1. The summed E-state index contributed by atoms with van der Waals surface area (Å²) in [4.78, 5) is 12.4. The van der Waals surface area contributed by atoms with Gasteiger partial charge in [0.25, 0.3) is 5.91 Å². The Labute approximate surface area is 169 Å². The maximum atomic E-state index is 13.0. The van der Waals surface area contributed by atoms with Crippen LogP contribution >= 0.6 is 0 Å². The van der Waals surface area contributed by atoms with Crippen LogP contribution < -0.4 is 10.2 Å². The first-order chi connectivity index (χ1) is 14.3. The quantitative estimate of drug-likeness (QED) is 0.342. The van der Waals surface area contributed by atoms with Crippen LogP contribution in [0.5, 0.6) is 5.75 Å². The largest absolute Gasteiger partial charge is 0.488 e. The van der Waals surface area contributed by atoms with Crippen molar-refractivity contribution in [3.8, 4) is 5.75 Å². The lowest BCUT2D eigenvalue weighted by Gasteiger charge is -2.10. The van der Waals surface area contributed by atoms with E-state index in [1.54, 1.807) is 36.4 Å². The number of nitrogens with zero attached hydrogens (tertiary/aromatic N) is 1. The van der Waals surface area contributed by atoms with Crippen LogP contribution in [0.1, 0.15) is 27.0 Å². The summed E-state index contributed by atoms with van der Waals surface area (Å²) in [6.45, 7) is 0.138. The topological polar surface area (TPSA) is 50.7 Å². The number of hydrazone groups is 1. The molecule has 3 rings (SSSR count). The normalized spacial score (nSPS) is 11.5. The van der Waals surface area contributed by atoms with E-state index in [1.165, 1.54) is 30.5 Å². The summed E-state index contributed by atoms with van der Waals surface area (Å²) >= 11 is 0. The fourth-order valence-electron chi connectivity index (χ4n) is 2.51. The van der Waals surface area contributed by atoms with Gasteiger partial charge in [0.05, 0.1) is 17.3 Å². The van der Waals surface area contributed by atoms with Gasteiger partial charge in [-0.15, -0.1) is 0 Å². The number of rotatable bonds is 6. The highest BCUT2D eigenvalue weighted by atomic mass is 19.4. The molecule has 0 aliphatic carbocycles. The predicted octanol–water partition coefficient (Wildman–Crippen LogP) is 5.19. The lowest BCUT2D eigenvalue weighted by atomic mass is 10.1. The molecule has 3 aromatic carbocycles. The van der Waals surface area contributed by atoms with Gasteiger partial charge in [0.2, 0.25) is 0 Å². The summed E-state index contributed by atoms with van der Waals surface area (Å²) in [6.07, 6.45) is -3.18. The summed E-state index contributed by atoms with van der Waals surface area (Å²) in [6, 6.07) is 16.6. The van der Waals surface area contributed by atoms with Crippen molar-refractivity contribution in [3.05, 3.63) is 101 Å². The summed E-state index contributed by atoms with van der Waals surface area (Å²) < 4.78 is 56.3. The zero-order valence-corrected chi connectivity index (χ0v) is 15.5. The average Bonchev–Trinajstić information content (AvgIpc) is 2.73. The Morgan fingerprint density at radius 2 is 1.63 bits per heavy atom. The smallest absolute Gasteiger partial charge is 0.416 e. The molecule has 0 aliphatic rings. The minimum atomic E-state index is -4.42. The average molecular weight is 416 g/mol. The van der Waals surface area contributed by atoms with Crippen LogP contribution in [0.2, 0.25) is 0 Å². The van der Waals surface area contributed by atoms with Crippen LogP contribution in [-0.2, 0) is 12.8 Å². The van der Waals surface area contributed by atoms with Crippen molar-refractivity contribution in [1.82, 2.24) is 5.43 Å². The summed E-state index contributed by atoms with van der Waals surface area (Å²) in [5.74, 6) is -0.596. The predicted molar refractivity (Wildman–Crippen MR) is 104 cm³/mol. The highest BCUT2D eigenvalue weighted by Gasteiger charge is 2.29. The maximum absolute atomic E-state index is 13.0. The van der Waals surface area contributed by atoms with Crippen molar-refractivity contribution in [3.63, 3.8) is 0 Å². The zero-order chi connectivity index (χ0) is 21.6. The first-order valence-corrected chi connectivity index (χ1v) is 8.80. The highest BCUT2D eigenvalue weighted by Crippen LogP contribution is 2.28. The molecule has 0 fully saturated rings. The number of carbonyl (C=O) groups excluding carboxylic acids is 1. The van der Waals surface area contributed by atoms with E-state index in [1.807, 2.05) is 0 Å². The molecule has 0 atom stereocenters. The van der Waals surface area contributed by atoms with E-state index in [9.17, 15) is 22.4 Å². The number of hydrogen-bond acceptors (Lipinski definition) is 3. The Bertz CT molecular complexity index is 1030. The molecular weight excluding hydrogens is 400 g/mol. The molecule has 30 heavy (non-hydrogen) atoms. The Hall–Kier alpha value is -3.68. The van der Waals surface area contributed by atoms with Crippen LogP contribution in [0.4, 0.5) is 17.6 Å². The maximum Gasteiger partial charge on any atom is 0.416 e. The fourth-order valence-corrected chi connectivity index (χ4v) is 2.51. The van der Waals surface area contributed by atoms with Gasteiger partial charge in [0.1, 0.15) is 18.2 Å². The van der Waals surface area contributed by atoms with E-state index in [0.717, 1.165) is 17.7 Å². The van der Waals surface area contributed by atoms with E-state index in [-0.39, 0.29) is 18.0 Å². The minimum Gasteiger partial charge on any atom is -0.488 e. The second-order valence-corrected chi connectivity index (χ2v) is 6.23. The third kappa shape index (κ3) is 5.66. The fraction of sp³-hybridized carbons (Fsp3) is 0.0909. The Kier molecular flexibility index (Phi) is 6.46. The standard InChI is InChI=1S/C22H16F4N2O2/c23-18-11-7-16(8-12-18)14-30-20-4-2-1-3-19(20)21(29)28-27-13-15-5-9-17(10-6-15)22(24,25)26/h1-13H,14H2,(H,28,29). The number of nitrogens with one attached hydrogen (secondary N) is 1. The molecule has 0 aromatic heterocycles. The van der Waals surface area contributed by atoms with Gasteiger partial charge >= 0.3 is 6.18 Å². The van der Waals surface area contributed by atoms with Crippen molar-refractivity contribution in [2.45, 2.75) is 12.8 Å². The molecule has 0 saturated heterocycles. The molecule has 0 bridgehead atoms. The van der Waals surface area contributed by atoms with E-state index in [4.69, 9.17) is 4.74 Å². The summed E-state index contributed by atoms with van der Waals surface area (Å²) in [7, 11) is 0. The third-order valence-electron chi connectivity index (χ3n) is 4.06. The van der Waals surface area contributed by atoms with E-state index in [2.05, 4.69) is 10.5 Å². The number of hydrogen-bond donors (Lipinski definition) is 1. The van der Waals surface area contributed by atoms with Gasteiger partial charge in [0.15, 0.2) is 0 Å². The van der Waals surface area contributed by atoms with Crippen molar-refractivity contribution in [1.29, 1.82) is 0 Å². The van der Waals surface area contributed by atoms with Crippen LogP contribution in [0, 0.1) is 5.82 Å². The molecule has 0 unspecified atom stereocenters. The van der Waals surface area contributed by atoms with Gasteiger partial charge in [-0.05, 0) is 47.5 Å². The number of alkyl halides is 3. The minimum absolute atomic E-state index is 0.138. The molecule has 1 amide bonds. The van der Waals surface area contributed by atoms with Crippen molar-refractivity contribution >= 4 is 12.1 Å². The number of carbonyl (C=O) groups is 1. The molecular formula is C22H16F4N2O2. The third-order valence-corrected chi connectivity index (χ3v) is 4.06. The molecule has 0 spiro atoms. The van der Waals surface area contributed by atoms with Crippen LogP contribution in [0.15, 0.2) is 77.9 Å². The molecule has 0 radical (unpaired) electrons. The van der Waals surface area contributed by atoms with E-state index < -0.39 is 17.6 Å². The Morgan fingerprint density at radius 3 is 2.30 bits per heavy atom. The van der Waals surface area contributed by atoms with Gasteiger partial charge < -0.3 is 4.74 Å². The number of para-hydroxylation sites is 1. The first kappa shape index (κ1) is 21.0.